The standard InChI is InChI=1S/C17H25NO/c1-16(2,3)14-8-6-13(7-9-14)15(19)17(4)10-5-11-18-12-17/h6-9,18H,5,10-12H2,1-4H3. The first-order valence-electron chi connectivity index (χ1n) is 7.19. The topological polar surface area (TPSA) is 29.1 Å². The van der Waals surface area contributed by atoms with Crippen LogP contribution in [0.2, 0.25) is 0 Å². The van der Waals surface area contributed by atoms with E-state index in [0.29, 0.717) is 0 Å². The molecule has 1 saturated heterocycles. The lowest BCUT2D eigenvalue weighted by molar-refractivity contribution is 0.0773. The van der Waals surface area contributed by atoms with Crippen LogP contribution in [-0.4, -0.2) is 18.9 Å². The Bertz CT molecular complexity index is 447. The van der Waals surface area contributed by atoms with Gasteiger partial charge in [0, 0.05) is 17.5 Å². The van der Waals surface area contributed by atoms with Crippen LogP contribution in [0.25, 0.3) is 0 Å². The van der Waals surface area contributed by atoms with Crippen molar-refractivity contribution in [2.45, 2.75) is 46.0 Å². The largest absolute Gasteiger partial charge is 0.316 e. The van der Waals surface area contributed by atoms with Crippen molar-refractivity contribution in [3.05, 3.63) is 35.4 Å². The molecule has 0 spiro atoms. The number of piperidine rings is 1. The molecule has 104 valence electrons. The number of carbonyl (C=O) groups is 1. The first kappa shape index (κ1) is 14.3. The van der Waals surface area contributed by atoms with Crippen LogP contribution in [0.4, 0.5) is 0 Å². The van der Waals surface area contributed by atoms with Crippen LogP contribution < -0.4 is 5.32 Å². The van der Waals surface area contributed by atoms with Gasteiger partial charge in [0.25, 0.3) is 0 Å². The fraction of sp³-hybridized carbons (Fsp3) is 0.588. The van der Waals surface area contributed by atoms with Crippen molar-refractivity contribution in [3.8, 4) is 0 Å². The maximum absolute atomic E-state index is 12.6. The monoisotopic (exact) mass is 259 g/mol. The van der Waals surface area contributed by atoms with Gasteiger partial charge in [0.15, 0.2) is 5.78 Å². The molecule has 0 amide bonds. The molecule has 1 aliphatic rings. The van der Waals surface area contributed by atoms with Gasteiger partial charge in [-0.2, -0.15) is 0 Å². The molecule has 0 radical (unpaired) electrons. The molecular weight excluding hydrogens is 234 g/mol. The van der Waals surface area contributed by atoms with E-state index in [1.807, 2.05) is 12.1 Å². The number of ketones is 1. The van der Waals surface area contributed by atoms with E-state index in [-0.39, 0.29) is 16.6 Å². The summed E-state index contributed by atoms with van der Waals surface area (Å²) in [6.07, 6.45) is 2.07. The molecule has 0 saturated carbocycles. The average Bonchev–Trinajstić information content (AvgIpc) is 2.38. The molecule has 1 fully saturated rings. The predicted molar refractivity (Wildman–Crippen MR) is 79.7 cm³/mol. The third kappa shape index (κ3) is 3.06. The molecule has 1 unspecified atom stereocenters. The molecular formula is C17H25NO. The summed E-state index contributed by atoms with van der Waals surface area (Å²) in [4.78, 5) is 12.6. The first-order chi connectivity index (χ1) is 8.83. The van der Waals surface area contributed by atoms with Crippen molar-refractivity contribution in [2.75, 3.05) is 13.1 Å². The van der Waals surface area contributed by atoms with E-state index in [1.54, 1.807) is 0 Å². The first-order valence-corrected chi connectivity index (χ1v) is 7.19. The van der Waals surface area contributed by atoms with E-state index in [2.05, 4.69) is 45.1 Å². The molecule has 1 heterocycles. The summed E-state index contributed by atoms with van der Waals surface area (Å²) in [5.74, 6) is 0.278. The van der Waals surface area contributed by atoms with E-state index in [4.69, 9.17) is 0 Å². The fourth-order valence-electron chi connectivity index (χ4n) is 2.72. The van der Waals surface area contributed by atoms with Gasteiger partial charge in [0.2, 0.25) is 0 Å². The van der Waals surface area contributed by atoms with Gasteiger partial charge in [-0.05, 0) is 30.4 Å². The van der Waals surface area contributed by atoms with Crippen LogP contribution in [0.1, 0.15) is 56.5 Å². The van der Waals surface area contributed by atoms with Crippen LogP contribution in [-0.2, 0) is 5.41 Å². The maximum atomic E-state index is 12.6. The summed E-state index contributed by atoms with van der Waals surface area (Å²) in [6, 6.07) is 8.16. The zero-order valence-corrected chi connectivity index (χ0v) is 12.5. The van der Waals surface area contributed by atoms with Crippen molar-refractivity contribution in [3.63, 3.8) is 0 Å². The second kappa shape index (κ2) is 5.09. The Kier molecular flexibility index (Phi) is 3.82. The minimum Gasteiger partial charge on any atom is -0.316 e. The SMILES string of the molecule is CC1(C(=O)c2ccc(C(C)(C)C)cc2)CCCNC1. The molecule has 19 heavy (non-hydrogen) atoms. The second-order valence-electron chi connectivity index (χ2n) is 7.00. The molecule has 1 aliphatic heterocycles. The Balaban J connectivity index is 2.20. The average molecular weight is 259 g/mol. The zero-order chi connectivity index (χ0) is 14.1. The Morgan fingerprint density at radius 2 is 1.84 bits per heavy atom. The van der Waals surface area contributed by atoms with E-state index in [1.165, 1.54) is 5.56 Å². The number of nitrogens with one attached hydrogen (secondary N) is 1. The molecule has 0 aliphatic carbocycles. The molecule has 2 heteroatoms. The number of Topliss-reactive ketones (excluding diaryl/α,β-unsaturated/α-hetero) is 1. The van der Waals surface area contributed by atoms with Gasteiger partial charge in [-0.15, -0.1) is 0 Å². The smallest absolute Gasteiger partial charge is 0.169 e. The van der Waals surface area contributed by atoms with Gasteiger partial charge in [0.05, 0.1) is 0 Å². The van der Waals surface area contributed by atoms with Crippen LogP contribution >= 0.6 is 0 Å². The number of rotatable bonds is 2. The molecule has 1 N–H and O–H groups in total. The molecule has 1 aromatic carbocycles. The van der Waals surface area contributed by atoms with Crippen molar-refractivity contribution in [1.29, 1.82) is 0 Å². The van der Waals surface area contributed by atoms with E-state index in [9.17, 15) is 4.79 Å². The third-order valence-electron chi connectivity index (χ3n) is 4.16. The quantitative estimate of drug-likeness (QED) is 0.823. The van der Waals surface area contributed by atoms with Gasteiger partial charge in [0.1, 0.15) is 0 Å². The van der Waals surface area contributed by atoms with Crippen LogP contribution in [0.3, 0.4) is 0 Å². The molecule has 2 rings (SSSR count). The van der Waals surface area contributed by atoms with Crippen LogP contribution in [0, 0.1) is 5.41 Å². The highest BCUT2D eigenvalue weighted by Crippen LogP contribution is 2.31. The van der Waals surface area contributed by atoms with Crippen LogP contribution in [0.15, 0.2) is 24.3 Å². The van der Waals surface area contributed by atoms with Gasteiger partial charge in [-0.25, -0.2) is 0 Å². The third-order valence-corrected chi connectivity index (χ3v) is 4.16. The van der Waals surface area contributed by atoms with Gasteiger partial charge >= 0.3 is 0 Å². The van der Waals surface area contributed by atoms with Gasteiger partial charge in [-0.1, -0.05) is 52.0 Å². The Labute approximate surface area is 116 Å². The second-order valence-corrected chi connectivity index (χ2v) is 7.00. The van der Waals surface area contributed by atoms with Crippen molar-refractivity contribution < 1.29 is 4.79 Å². The normalized spacial score (nSPS) is 24.2. The highest BCUT2D eigenvalue weighted by molar-refractivity contribution is 6.00. The summed E-state index contributed by atoms with van der Waals surface area (Å²) >= 11 is 0. The lowest BCUT2D eigenvalue weighted by atomic mass is 9.76. The summed E-state index contributed by atoms with van der Waals surface area (Å²) < 4.78 is 0. The summed E-state index contributed by atoms with van der Waals surface area (Å²) in [6.45, 7) is 10.5. The minimum atomic E-state index is -0.235. The molecule has 1 aromatic rings. The number of hydrogen-bond donors (Lipinski definition) is 1. The highest BCUT2D eigenvalue weighted by atomic mass is 16.1. The number of hydrogen-bond acceptors (Lipinski definition) is 2. The Hall–Kier alpha value is -1.15. The number of benzene rings is 1. The Morgan fingerprint density at radius 1 is 1.21 bits per heavy atom. The summed E-state index contributed by atoms with van der Waals surface area (Å²) in [5.41, 5.74) is 2.02. The molecule has 0 bridgehead atoms. The van der Waals surface area contributed by atoms with Gasteiger partial charge < -0.3 is 5.32 Å². The molecule has 2 nitrogen and oxygen atoms in total. The highest BCUT2D eigenvalue weighted by Gasteiger charge is 2.35. The van der Waals surface area contributed by atoms with Crippen LogP contribution in [0.5, 0.6) is 0 Å². The lowest BCUT2D eigenvalue weighted by Gasteiger charge is -2.32. The van der Waals surface area contributed by atoms with Crippen molar-refractivity contribution >= 4 is 5.78 Å². The van der Waals surface area contributed by atoms with E-state index < -0.39 is 0 Å². The maximum Gasteiger partial charge on any atom is 0.169 e. The van der Waals surface area contributed by atoms with Gasteiger partial charge in [-0.3, -0.25) is 4.79 Å². The van der Waals surface area contributed by atoms with Crippen molar-refractivity contribution in [1.82, 2.24) is 5.32 Å². The van der Waals surface area contributed by atoms with E-state index in [0.717, 1.165) is 31.5 Å². The zero-order valence-electron chi connectivity index (χ0n) is 12.5. The van der Waals surface area contributed by atoms with Crippen molar-refractivity contribution in [2.24, 2.45) is 5.41 Å². The molecule has 0 aromatic heterocycles. The Morgan fingerprint density at radius 3 is 2.32 bits per heavy atom. The fourth-order valence-corrected chi connectivity index (χ4v) is 2.72. The number of carbonyl (C=O) groups excluding carboxylic acids is 1. The summed E-state index contributed by atoms with van der Waals surface area (Å²) in [5, 5.41) is 3.34. The molecule has 1 atom stereocenters. The van der Waals surface area contributed by atoms with E-state index >= 15 is 0 Å². The summed E-state index contributed by atoms with van der Waals surface area (Å²) in [7, 11) is 0. The lowest BCUT2D eigenvalue weighted by Crippen LogP contribution is -2.43. The minimum absolute atomic E-state index is 0.137. The predicted octanol–water partition coefficient (Wildman–Crippen LogP) is 3.56.